The highest BCUT2D eigenvalue weighted by atomic mass is 16.8. The van der Waals surface area contributed by atoms with Gasteiger partial charge in [-0.1, -0.05) is 31.9 Å². The van der Waals surface area contributed by atoms with Crippen LogP contribution in [0, 0.1) is 0 Å². The van der Waals surface area contributed by atoms with Gasteiger partial charge in [-0.05, 0) is 33.1 Å². The highest BCUT2D eigenvalue weighted by Crippen LogP contribution is 2.29. The zero-order valence-electron chi connectivity index (χ0n) is 11.1. The van der Waals surface area contributed by atoms with Crippen LogP contribution in [0.4, 0.5) is 0 Å². The maximum absolute atomic E-state index is 10.9. The minimum absolute atomic E-state index is 0.134. The molecule has 3 nitrogen and oxygen atoms in total. The number of hydrogen-bond donors (Lipinski definition) is 0. The summed E-state index contributed by atoms with van der Waals surface area (Å²) in [6.07, 6.45) is 10.2. The molecule has 1 saturated heterocycles. The van der Waals surface area contributed by atoms with Gasteiger partial charge in [0.1, 0.15) is 6.10 Å². The Balaban J connectivity index is 2.28. The normalized spacial score (nSPS) is 27.7. The maximum Gasteiger partial charge on any atom is 0.164 e. The van der Waals surface area contributed by atoms with Gasteiger partial charge in [0, 0.05) is 0 Å². The third kappa shape index (κ3) is 5.00. The van der Waals surface area contributed by atoms with Gasteiger partial charge in [-0.3, -0.25) is 0 Å². The second-order valence-corrected chi connectivity index (χ2v) is 4.98. The van der Waals surface area contributed by atoms with Crippen LogP contribution in [0.15, 0.2) is 12.2 Å². The molecule has 0 spiro atoms. The average molecular weight is 240 g/mol. The van der Waals surface area contributed by atoms with Gasteiger partial charge in [-0.25, -0.2) is 0 Å². The lowest BCUT2D eigenvalue weighted by Crippen LogP contribution is -2.23. The Kier molecular flexibility index (Phi) is 5.86. The van der Waals surface area contributed by atoms with E-state index in [2.05, 4.69) is 19.1 Å². The number of hydrogen-bond acceptors (Lipinski definition) is 3. The van der Waals surface area contributed by atoms with Crippen LogP contribution in [0.5, 0.6) is 0 Å². The van der Waals surface area contributed by atoms with Crippen LogP contribution in [0.2, 0.25) is 0 Å². The van der Waals surface area contributed by atoms with Crippen LogP contribution in [0.1, 0.15) is 52.9 Å². The van der Waals surface area contributed by atoms with Crippen molar-refractivity contribution in [2.75, 3.05) is 0 Å². The Bertz CT molecular complexity index is 258. The lowest BCUT2D eigenvalue weighted by Gasteiger charge is -2.16. The first kappa shape index (κ1) is 14.4. The van der Waals surface area contributed by atoms with Gasteiger partial charge in [-0.15, -0.1) is 0 Å². The molecule has 0 amide bonds. The molecule has 0 radical (unpaired) electrons. The first-order chi connectivity index (χ1) is 8.09. The molecule has 0 bridgehead atoms. The molecular formula is C14H24O3. The van der Waals surface area contributed by atoms with Gasteiger partial charge in [0.2, 0.25) is 0 Å². The summed E-state index contributed by atoms with van der Waals surface area (Å²) < 4.78 is 11.2. The van der Waals surface area contributed by atoms with Crippen molar-refractivity contribution in [2.45, 2.75) is 70.9 Å². The van der Waals surface area contributed by atoms with Crippen molar-refractivity contribution < 1.29 is 14.3 Å². The summed E-state index contributed by atoms with van der Waals surface area (Å²) in [7, 11) is 0. The molecule has 2 atom stereocenters. The van der Waals surface area contributed by atoms with E-state index in [-0.39, 0.29) is 6.10 Å². The standard InChI is InChI=1S/C14H24O3/c1-4-5-6-7-8-9-10-12-13(11-15)17-14(2,3)16-12/h8-9,11-13H,4-7,10H2,1-3H3/b9-8-/t12-,13-/m1/s1. The van der Waals surface area contributed by atoms with E-state index in [4.69, 9.17) is 9.47 Å². The zero-order valence-corrected chi connectivity index (χ0v) is 11.1. The van der Waals surface area contributed by atoms with E-state index in [1.165, 1.54) is 19.3 Å². The van der Waals surface area contributed by atoms with Gasteiger partial charge >= 0.3 is 0 Å². The van der Waals surface area contributed by atoms with Crippen LogP contribution in [0.25, 0.3) is 0 Å². The number of ether oxygens (including phenoxy) is 2. The molecule has 0 aromatic carbocycles. The highest BCUT2D eigenvalue weighted by Gasteiger charge is 2.40. The SMILES string of the molecule is CCCCC/C=C\C[C@H]1OC(C)(C)O[C@@H]1C=O. The molecule has 1 fully saturated rings. The maximum atomic E-state index is 10.9. The molecule has 0 aromatic heterocycles. The van der Waals surface area contributed by atoms with Crippen LogP contribution in [0.3, 0.4) is 0 Å². The van der Waals surface area contributed by atoms with E-state index in [0.717, 1.165) is 19.1 Å². The molecule has 1 aliphatic rings. The number of carbonyl (C=O) groups is 1. The van der Waals surface area contributed by atoms with Crippen molar-refractivity contribution in [1.29, 1.82) is 0 Å². The van der Waals surface area contributed by atoms with Crippen molar-refractivity contribution in [3.8, 4) is 0 Å². The van der Waals surface area contributed by atoms with E-state index < -0.39 is 11.9 Å². The topological polar surface area (TPSA) is 35.5 Å². The lowest BCUT2D eigenvalue weighted by molar-refractivity contribution is -0.149. The Morgan fingerprint density at radius 2 is 1.94 bits per heavy atom. The Morgan fingerprint density at radius 3 is 2.59 bits per heavy atom. The molecule has 1 aliphatic heterocycles. The largest absolute Gasteiger partial charge is 0.344 e. The third-order valence-electron chi connectivity index (χ3n) is 2.87. The third-order valence-corrected chi connectivity index (χ3v) is 2.87. The van der Waals surface area contributed by atoms with Gasteiger partial charge in [-0.2, -0.15) is 0 Å². The predicted molar refractivity (Wildman–Crippen MR) is 67.8 cm³/mol. The first-order valence-electron chi connectivity index (χ1n) is 6.55. The fraction of sp³-hybridized carbons (Fsp3) is 0.786. The monoisotopic (exact) mass is 240 g/mol. The molecule has 0 aromatic rings. The fourth-order valence-corrected chi connectivity index (χ4v) is 2.02. The molecular weight excluding hydrogens is 216 g/mol. The lowest BCUT2D eigenvalue weighted by atomic mass is 10.1. The first-order valence-corrected chi connectivity index (χ1v) is 6.55. The van der Waals surface area contributed by atoms with Crippen LogP contribution < -0.4 is 0 Å². The Labute approximate surface area is 104 Å². The fourth-order valence-electron chi connectivity index (χ4n) is 2.02. The summed E-state index contributed by atoms with van der Waals surface area (Å²) in [4.78, 5) is 10.9. The quantitative estimate of drug-likeness (QED) is 0.389. The predicted octanol–water partition coefficient (Wildman–Crippen LogP) is 3.23. The molecule has 0 unspecified atom stereocenters. The van der Waals surface area contributed by atoms with Crippen LogP contribution >= 0.6 is 0 Å². The summed E-state index contributed by atoms with van der Waals surface area (Å²) in [5.41, 5.74) is 0. The number of rotatable bonds is 7. The van der Waals surface area contributed by atoms with E-state index in [1.54, 1.807) is 0 Å². The zero-order chi connectivity index (χ0) is 12.7. The van der Waals surface area contributed by atoms with E-state index >= 15 is 0 Å². The molecule has 0 aliphatic carbocycles. The summed E-state index contributed by atoms with van der Waals surface area (Å²) in [6, 6.07) is 0. The van der Waals surface area contributed by atoms with Crippen LogP contribution in [-0.4, -0.2) is 24.3 Å². The molecule has 1 heterocycles. The number of unbranched alkanes of at least 4 members (excludes halogenated alkanes) is 3. The van der Waals surface area contributed by atoms with Crippen LogP contribution in [-0.2, 0) is 14.3 Å². The molecule has 17 heavy (non-hydrogen) atoms. The van der Waals surface area contributed by atoms with E-state index in [0.29, 0.717) is 0 Å². The second kappa shape index (κ2) is 6.92. The molecule has 0 N–H and O–H groups in total. The minimum Gasteiger partial charge on any atom is -0.344 e. The summed E-state index contributed by atoms with van der Waals surface area (Å²) >= 11 is 0. The molecule has 3 heteroatoms. The van der Waals surface area contributed by atoms with Gasteiger partial charge in [0.15, 0.2) is 12.1 Å². The minimum atomic E-state index is -0.633. The summed E-state index contributed by atoms with van der Waals surface area (Å²) in [5, 5.41) is 0. The summed E-state index contributed by atoms with van der Waals surface area (Å²) in [5.74, 6) is -0.633. The van der Waals surface area contributed by atoms with Gasteiger partial charge < -0.3 is 14.3 Å². The second-order valence-electron chi connectivity index (χ2n) is 4.98. The summed E-state index contributed by atoms with van der Waals surface area (Å²) in [6.45, 7) is 5.88. The van der Waals surface area contributed by atoms with Gasteiger partial charge in [0.25, 0.3) is 0 Å². The number of carbonyl (C=O) groups excluding carboxylic acids is 1. The molecule has 0 saturated carbocycles. The van der Waals surface area contributed by atoms with Gasteiger partial charge in [0.05, 0.1) is 6.10 Å². The van der Waals surface area contributed by atoms with Crippen molar-refractivity contribution in [3.63, 3.8) is 0 Å². The Morgan fingerprint density at radius 1 is 1.18 bits per heavy atom. The molecule has 1 rings (SSSR count). The van der Waals surface area contributed by atoms with Crippen molar-refractivity contribution in [2.24, 2.45) is 0 Å². The van der Waals surface area contributed by atoms with E-state index in [1.807, 2.05) is 13.8 Å². The van der Waals surface area contributed by atoms with Crippen molar-refractivity contribution >= 4 is 6.29 Å². The van der Waals surface area contributed by atoms with Crippen molar-refractivity contribution in [3.05, 3.63) is 12.2 Å². The molecule has 98 valence electrons. The average Bonchev–Trinajstić information content (AvgIpc) is 2.58. The van der Waals surface area contributed by atoms with E-state index in [9.17, 15) is 4.79 Å². The van der Waals surface area contributed by atoms with Crippen molar-refractivity contribution in [1.82, 2.24) is 0 Å². The number of aldehydes is 1. The number of allylic oxidation sites excluding steroid dienone is 1. The Hall–Kier alpha value is -0.670. The smallest absolute Gasteiger partial charge is 0.164 e. The highest BCUT2D eigenvalue weighted by molar-refractivity contribution is 5.57.